The number of ketones is 1. The second-order valence-electron chi connectivity index (χ2n) is 6.91. The van der Waals surface area contributed by atoms with Crippen LogP contribution in [0.5, 0.6) is 0 Å². The molecule has 3 heterocycles. The highest BCUT2D eigenvalue weighted by atomic mass is 16.2. The molecule has 0 spiro atoms. The molecule has 0 radical (unpaired) electrons. The van der Waals surface area contributed by atoms with Crippen molar-refractivity contribution in [3.05, 3.63) is 86.3 Å². The highest BCUT2D eigenvalue weighted by Crippen LogP contribution is 2.32. The van der Waals surface area contributed by atoms with Gasteiger partial charge in [-0.05, 0) is 17.7 Å². The number of carbonyl (C=O) groups excluding carboxylic acids is 1. The second-order valence-corrected chi connectivity index (χ2v) is 6.91. The Morgan fingerprint density at radius 2 is 1.89 bits per heavy atom. The van der Waals surface area contributed by atoms with Crippen molar-refractivity contribution in [2.24, 2.45) is 7.05 Å². The molecular formula is C20H21N5O3. The van der Waals surface area contributed by atoms with Crippen LogP contribution in [-0.2, 0) is 13.6 Å². The number of aromatic amines is 1. The summed E-state index contributed by atoms with van der Waals surface area (Å²) < 4.78 is 3.25. The minimum absolute atomic E-state index is 0.0240. The summed E-state index contributed by atoms with van der Waals surface area (Å²) >= 11 is 0. The van der Waals surface area contributed by atoms with Crippen molar-refractivity contribution >= 4 is 11.6 Å². The zero-order chi connectivity index (χ0) is 19.8. The number of benzene rings is 1. The van der Waals surface area contributed by atoms with Crippen LogP contribution in [0.1, 0.15) is 27.7 Å². The number of carbonyl (C=O) groups is 1. The van der Waals surface area contributed by atoms with Gasteiger partial charge in [0.05, 0.1) is 12.6 Å². The van der Waals surface area contributed by atoms with E-state index in [-0.39, 0.29) is 24.0 Å². The molecule has 0 saturated heterocycles. The van der Waals surface area contributed by atoms with E-state index in [4.69, 9.17) is 5.73 Å². The SMILES string of the molecule is Cn1c(N)c(C(=O)CN2CCn3cccc3C2c2ccccc2)c(=O)[nH]c1=O. The quantitative estimate of drug-likeness (QED) is 0.651. The van der Waals surface area contributed by atoms with Gasteiger partial charge >= 0.3 is 5.69 Å². The van der Waals surface area contributed by atoms with E-state index in [2.05, 4.69) is 9.55 Å². The van der Waals surface area contributed by atoms with Crippen LogP contribution in [-0.4, -0.2) is 37.9 Å². The molecule has 0 saturated carbocycles. The molecule has 2 aromatic heterocycles. The van der Waals surface area contributed by atoms with E-state index < -0.39 is 17.0 Å². The van der Waals surface area contributed by atoms with Crippen LogP contribution < -0.4 is 17.0 Å². The number of nitrogens with two attached hydrogens (primary N) is 1. The van der Waals surface area contributed by atoms with Gasteiger partial charge in [0.1, 0.15) is 11.4 Å². The number of hydrogen-bond acceptors (Lipinski definition) is 5. The summed E-state index contributed by atoms with van der Waals surface area (Å²) in [5.41, 5.74) is 6.49. The highest BCUT2D eigenvalue weighted by Gasteiger charge is 2.31. The van der Waals surface area contributed by atoms with Crippen LogP contribution in [0.3, 0.4) is 0 Å². The van der Waals surface area contributed by atoms with Gasteiger partial charge in [0.15, 0.2) is 5.78 Å². The second kappa shape index (κ2) is 6.97. The molecule has 1 unspecified atom stereocenters. The number of H-pyrrole nitrogens is 1. The minimum atomic E-state index is -0.748. The monoisotopic (exact) mass is 379 g/mol. The van der Waals surface area contributed by atoms with Gasteiger partial charge in [-0.25, -0.2) is 4.79 Å². The van der Waals surface area contributed by atoms with E-state index in [1.165, 1.54) is 7.05 Å². The molecule has 1 atom stereocenters. The largest absolute Gasteiger partial charge is 0.384 e. The zero-order valence-corrected chi connectivity index (χ0v) is 15.5. The molecule has 0 bridgehead atoms. The van der Waals surface area contributed by atoms with Crippen molar-refractivity contribution in [1.82, 2.24) is 19.0 Å². The number of rotatable bonds is 4. The summed E-state index contributed by atoms with van der Waals surface area (Å²) in [4.78, 5) is 41.1. The molecule has 28 heavy (non-hydrogen) atoms. The average molecular weight is 379 g/mol. The lowest BCUT2D eigenvalue weighted by Gasteiger charge is -2.37. The van der Waals surface area contributed by atoms with Crippen molar-refractivity contribution in [2.45, 2.75) is 12.6 Å². The molecule has 8 heteroatoms. The van der Waals surface area contributed by atoms with Crippen LogP contribution in [0.4, 0.5) is 5.82 Å². The number of fused-ring (bicyclic) bond motifs is 1. The molecule has 8 nitrogen and oxygen atoms in total. The maximum atomic E-state index is 13.0. The molecule has 3 aromatic rings. The van der Waals surface area contributed by atoms with Gasteiger partial charge in [-0.15, -0.1) is 0 Å². The number of hydrogen-bond donors (Lipinski definition) is 2. The first-order chi connectivity index (χ1) is 13.5. The summed E-state index contributed by atoms with van der Waals surface area (Å²) in [7, 11) is 1.42. The van der Waals surface area contributed by atoms with Gasteiger partial charge in [0, 0.05) is 32.0 Å². The third-order valence-electron chi connectivity index (χ3n) is 5.25. The fourth-order valence-corrected chi connectivity index (χ4v) is 3.79. The van der Waals surface area contributed by atoms with Crippen molar-refractivity contribution in [3.8, 4) is 0 Å². The zero-order valence-electron chi connectivity index (χ0n) is 15.5. The van der Waals surface area contributed by atoms with E-state index >= 15 is 0 Å². The lowest BCUT2D eigenvalue weighted by Crippen LogP contribution is -2.43. The Morgan fingerprint density at radius 1 is 1.14 bits per heavy atom. The predicted octanol–water partition coefficient (Wildman–Crippen LogP) is 0.745. The first kappa shape index (κ1) is 18.0. The number of nitrogen functional groups attached to an aromatic ring is 1. The topological polar surface area (TPSA) is 106 Å². The van der Waals surface area contributed by atoms with Crippen LogP contribution >= 0.6 is 0 Å². The first-order valence-electron chi connectivity index (χ1n) is 9.03. The van der Waals surface area contributed by atoms with Gasteiger partial charge in [-0.1, -0.05) is 30.3 Å². The Bertz CT molecular complexity index is 1140. The Hall–Kier alpha value is -3.39. The molecule has 0 amide bonds. The minimum Gasteiger partial charge on any atom is -0.384 e. The van der Waals surface area contributed by atoms with E-state index in [9.17, 15) is 14.4 Å². The molecule has 0 fully saturated rings. The lowest BCUT2D eigenvalue weighted by molar-refractivity contribution is 0.0881. The maximum Gasteiger partial charge on any atom is 0.329 e. The predicted molar refractivity (Wildman–Crippen MR) is 105 cm³/mol. The Labute approximate surface area is 160 Å². The third kappa shape index (κ3) is 2.97. The normalized spacial score (nSPS) is 16.7. The number of Topliss-reactive ketones (excluding diaryl/α,β-unsaturated/α-hetero) is 1. The molecule has 0 aliphatic carbocycles. The molecule has 3 N–H and O–H groups in total. The van der Waals surface area contributed by atoms with Crippen LogP contribution in [0.2, 0.25) is 0 Å². The van der Waals surface area contributed by atoms with Crippen molar-refractivity contribution in [3.63, 3.8) is 0 Å². The standard InChI is InChI=1S/C20H21N5O3/c1-23-18(21)16(19(27)22-20(23)28)15(26)12-25-11-10-24-9-5-8-14(24)17(25)13-6-3-2-4-7-13/h2-9,17H,10-12,21H2,1H3,(H,22,27,28). The van der Waals surface area contributed by atoms with Gasteiger partial charge in [-0.3, -0.25) is 24.0 Å². The molecule has 1 aliphatic heterocycles. The summed E-state index contributed by atoms with van der Waals surface area (Å²) in [6.45, 7) is 1.42. The maximum absolute atomic E-state index is 13.0. The molecule has 4 rings (SSSR count). The Kier molecular flexibility index (Phi) is 4.48. The van der Waals surface area contributed by atoms with Crippen LogP contribution in [0.25, 0.3) is 0 Å². The van der Waals surface area contributed by atoms with E-state index in [1.54, 1.807) is 0 Å². The fraction of sp³-hybridized carbons (Fsp3) is 0.250. The van der Waals surface area contributed by atoms with Gasteiger partial charge in [-0.2, -0.15) is 0 Å². The average Bonchev–Trinajstić information content (AvgIpc) is 3.15. The molecule has 144 valence electrons. The summed E-state index contributed by atoms with van der Waals surface area (Å²) in [5.74, 6) is -0.523. The van der Waals surface area contributed by atoms with Crippen LogP contribution in [0, 0.1) is 0 Å². The smallest absolute Gasteiger partial charge is 0.329 e. The lowest BCUT2D eigenvalue weighted by atomic mass is 9.99. The third-order valence-corrected chi connectivity index (χ3v) is 5.25. The van der Waals surface area contributed by atoms with E-state index in [0.29, 0.717) is 6.54 Å². The van der Waals surface area contributed by atoms with Crippen LogP contribution in [0.15, 0.2) is 58.3 Å². The Morgan fingerprint density at radius 3 is 2.64 bits per heavy atom. The highest BCUT2D eigenvalue weighted by molar-refractivity contribution is 6.01. The fourth-order valence-electron chi connectivity index (χ4n) is 3.79. The van der Waals surface area contributed by atoms with Crippen molar-refractivity contribution in [1.29, 1.82) is 0 Å². The number of aromatic nitrogens is 3. The first-order valence-corrected chi connectivity index (χ1v) is 9.03. The molecule has 1 aromatic carbocycles. The van der Waals surface area contributed by atoms with Gasteiger partial charge < -0.3 is 10.3 Å². The van der Waals surface area contributed by atoms with E-state index in [1.807, 2.05) is 53.6 Å². The van der Waals surface area contributed by atoms with Crippen molar-refractivity contribution < 1.29 is 4.79 Å². The Balaban J connectivity index is 1.71. The summed E-state index contributed by atoms with van der Waals surface area (Å²) in [6, 6.07) is 13.9. The number of nitrogens with zero attached hydrogens (tertiary/aromatic N) is 3. The number of anilines is 1. The summed E-state index contributed by atoms with van der Waals surface area (Å²) in [6.07, 6.45) is 2.03. The number of nitrogens with one attached hydrogen (secondary N) is 1. The van der Waals surface area contributed by atoms with Gasteiger partial charge in [0.2, 0.25) is 0 Å². The van der Waals surface area contributed by atoms with Crippen molar-refractivity contribution in [2.75, 3.05) is 18.8 Å². The molecule has 1 aliphatic rings. The van der Waals surface area contributed by atoms with E-state index in [0.717, 1.165) is 22.4 Å². The molecular weight excluding hydrogens is 358 g/mol. The summed E-state index contributed by atoms with van der Waals surface area (Å²) in [5, 5.41) is 0. The van der Waals surface area contributed by atoms with Gasteiger partial charge in [0.25, 0.3) is 5.56 Å².